The summed E-state index contributed by atoms with van der Waals surface area (Å²) in [6.45, 7) is 3.52. The van der Waals surface area contributed by atoms with Crippen molar-refractivity contribution in [3.63, 3.8) is 0 Å². The molecule has 1 N–H and O–H groups in total. The average molecular weight is 273 g/mol. The molecule has 0 spiro atoms. The smallest absolute Gasteiger partial charge is 0.230 e. The Kier molecular flexibility index (Phi) is 7.32. The highest BCUT2D eigenvalue weighted by Gasteiger charge is 2.09. The molecule has 0 saturated carbocycles. The number of carbonyl (C=O) groups is 1. The molecule has 1 unspecified atom stereocenters. The van der Waals surface area contributed by atoms with Gasteiger partial charge in [0.2, 0.25) is 5.91 Å². The number of amides is 1. The van der Waals surface area contributed by atoms with Crippen molar-refractivity contribution < 1.29 is 9.53 Å². The predicted molar refractivity (Wildman–Crippen MR) is 74.7 cm³/mol. The van der Waals surface area contributed by atoms with E-state index in [2.05, 4.69) is 23.7 Å². The van der Waals surface area contributed by atoms with Crippen molar-refractivity contribution in [3.8, 4) is 0 Å². The first-order chi connectivity index (χ1) is 8.24. The lowest BCUT2D eigenvalue weighted by molar-refractivity contribution is -0.118. The first-order valence-electron chi connectivity index (χ1n) is 5.64. The number of ether oxygens (including phenoxy) is 1. The molecule has 5 heteroatoms. The minimum absolute atomic E-state index is 0.106. The quantitative estimate of drug-likeness (QED) is 0.740. The summed E-state index contributed by atoms with van der Waals surface area (Å²) >= 11 is 3.41. The molecule has 1 aromatic heterocycles. The van der Waals surface area contributed by atoms with E-state index in [0.29, 0.717) is 24.2 Å². The van der Waals surface area contributed by atoms with Gasteiger partial charge in [0.15, 0.2) is 0 Å². The van der Waals surface area contributed by atoms with Crippen LogP contribution in [0.15, 0.2) is 17.5 Å². The minimum atomic E-state index is 0.106. The summed E-state index contributed by atoms with van der Waals surface area (Å²) in [4.78, 5) is 12.8. The van der Waals surface area contributed by atoms with Gasteiger partial charge in [-0.3, -0.25) is 4.79 Å². The van der Waals surface area contributed by atoms with Crippen molar-refractivity contribution in [3.05, 3.63) is 22.4 Å². The van der Waals surface area contributed by atoms with Crippen LogP contribution in [0.4, 0.5) is 0 Å². The Morgan fingerprint density at radius 1 is 1.65 bits per heavy atom. The van der Waals surface area contributed by atoms with Crippen molar-refractivity contribution in [2.24, 2.45) is 0 Å². The molecule has 96 valence electrons. The standard InChI is InChI=1S/C12H19NO2S2/c1-10(11-5-3-8-16-11)17-9-12(14)13-6-4-7-15-2/h3,5,8,10H,4,6-7,9H2,1-2H3,(H,13,14). The number of rotatable bonds is 8. The van der Waals surface area contributed by atoms with Crippen molar-refractivity contribution in [2.75, 3.05) is 26.0 Å². The van der Waals surface area contributed by atoms with E-state index < -0.39 is 0 Å². The van der Waals surface area contributed by atoms with Gasteiger partial charge in [-0.25, -0.2) is 0 Å². The molecule has 0 fully saturated rings. The molecule has 1 atom stereocenters. The van der Waals surface area contributed by atoms with Gasteiger partial charge in [-0.1, -0.05) is 6.07 Å². The fourth-order valence-corrected chi connectivity index (χ4v) is 3.08. The molecule has 0 bridgehead atoms. The predicted octanol–water partition coefficient (Wildman–Crippen LogP) is 2.70. The molecule has 1 heterocycles. The lowest BCUT2D eigenvalue weighted by Crippen LogP contribution is -2.27. The summed E-state index contributed by atoms with van der Waals surface area (Å²) in [5.41, 5.74) is 0. The fraction of sp³-hybridized carbons (Fsp3) is 0.583. The maximum Gasteiger partial charge on any atom is 0.230 e. The second kappa shape index (κ2) is 8.55. The van der Waals surface area contributed by atoms with Crippen LogP contribution in [0, 0.1) is 0 Å². The first kappa shape index (κ1) is 14.5. The van der Waals surface area contributed by atoms with Crippen LogP contribution in [0.2, 0.25) is 0 Å². The molecule has 3 nitrogen and oxygen atoms in total. The Morgan fingerprint density at radius 2 is 2.47 bits per heavy atom. The van der Waals surface area contributed by atoms with Gasteiger partial charge in [-0.15, -0.1) is 23.1 Å². The summed E-state index contributed by atoms with van der Waals surface area (Å²) in [5.74, 6) is 0.626. The van der Waals surface area contributed by atoms with Crippen molar-refractivity contribution in [2.45, 2.75) is 18.6 Å². The number of hydrogen-bond acceptors (Lipinski definition) is 4. The number of methoxy groups -OCH3 is 1. The van der Waals surface area contributed by atoms with E-state index in [-0.39, 0.29) is 5.91 Å². The first-order valence-corrected chi connectivity index (χ1v) is 7.57. The third-order valence-electron chi connectivity index (χ3n) is 2.26. The Bertz CT molecular complexity index is 314. The van der Waals surface area contributed by atoms with Gasteiger partial charge in [0, 0.05) is 30.4 Å². The van der Waals surface area contributed by atoms with Crippen LogP contribution in [-0.2, 0) is 9.53 Å². The number of thioether (sulfide) groups is 1. The van der Waals surface area contributed by atoms with Gasteiger partial charge in [-0.05, 0) is 24.8 Å². The van der Waals surface area contributed by atoms with Crippen LogP contribution in [0.3, 0.4) is 0 Å². The Morgan fingerprint density at radius 3 is 3.12 bits per heavy atom. The van der Waals surface area contributed by atoms with Crippen molar-refractivity contribution >= 4 is 29.0 Å². The van der Waals surface area contributed by atoms with Crippen LogP contribution >= 0.6 is 23.1 Å². The highest BCUT2D eigenvalue weighted by Crippen LogP contribution is 2.30. The molecule has 1 amide bonds. The maximum atomic E-state index is 11.5. The molecule has 0 radical (unpaired) electrons. The van der Waals surface area contributed by atoms with Crippen LogP contribution in [0.25, 0.3) is 0 Å². The van der Waals surface area contributed by atoms with Gasteiger partial charge in [0.05, 0.1) is 5.75 Å². The molecule has 0 aliphatic heterocycles. The number of thiophene rings is 1. The summed E-state index contributed by atoms with van der Waals surface area (Å²) in [7, 11) is 1.67. The SMILES string of the molecule is COCCCNC(=O)CSC(C)c1cccs1. The zero-order valence-corrected chi connectivity index (χ0v) is 11.9. The van der Waals surface area contributed by atoms with Gasteiger partial charge in [0.1, 0.15) is 0 Å². The third kappa shape index (κ3) is 6.10. The van der Waals surface area contributed by atoms with E-state index in [0.717, 1.165) is 6.42 Å². The Balaban J connectivity index is 2.11. The van der Waals surface area contributed by atoms with Crippen molar-refractivity contribution in [1.82, 2.24) is 5.32 Å². The summed E-state index contributed by atoms with van der Waals surface area (Å²) in [6.07, 6.45) is 0.868. The highest BCUT2D eigenvalue weighted by molar-refractivity contribution is 8.00. The molecule has 17 heavy (non-hydrogen) atoms. The Labute approximate surface area is 111 Å². The number of hydrogen-bond donors (Lipinski definition) is 1. The van der Waals surface area contributed by atoms with Crippen LogP contribution in [0.5, 0.6) is 0 Å². The van der Waals surface area contributed by atoms with E-state index in [1.807, 2.05) is 6.07 Å². The Hall–Kier alpha value is -0.520. The molecule has 0 aromatic carbocycles. The van der Waals surface area contributed by atoms with Crippen LogP contribution in [0.1, 0.15) is 23.5 Å². The number of carbonyl (C=O) groups excluding carboxylic acids is 1. The normalized spacial score (nSPS) is 12.4. The molecule has 0 saturated heterocycles. The number of nitrogens with one attached hydrogen (secondary N) is 1. The minimum Gasteiger partial charge on any atom is -0.385 e. The summed E-state index contributed by atoms with van der Waals surface area (Å²) < 4.78 is 4.92. The molecular weight excluding hydrogens is 254 g/mol. The van der Waals surface area contributed by atoms with Crippen LogP contribution < -0.4 is 5.32 Å². The zero-order valence-electron chi connectivity index (χ0n) is 10.3. The monoisotopic (exact) mass is 273 g/mol. The van der Waals surface area contributed by atoms with Gasteiger partial charge in [0.25, 0.3) is 0 Å². The fourth-order valence-electron chi connectivity index (χ4n) is 1.30. The average Bonchev–Trinajstić information content (AvgIpc) is 2.85. The molecule has 1 aromatic rings. The van der Waals surface area contributed by atoms with E-state index in [1.54, 1.807) is 30.2 Å². The maximum absolute atomic E-state index is 11.5. The van der Waals surface area contributed by atoms with Gasteiger partial charge >= 0.3 is 0 Å². The van der Waals surface area contributed by atoms with Crippen LogP contribution in [-0.4, -0.2) is 31.9 Å². The largest absolute Gasteiger partial charge is 0.385 e. The van der Waals surface area contributed by atoms with E-state index in [1.165, 1.54) is 4.88 Å². The highest BCUT2D eigenvalue weighted by atomic mass is 32.2. The molecule has 0 aliphatic rings. The molecule has 0 aliphatic carbocycles. The molecular formula is C12H19NO2S2. The van der Waals surface area contributed by atoms with Crippen molar-refractivity contribution in [1.29, 1.82) is 0 Å². The van der Waals surface area contributed by atoms with E-state index >= 15 is 0 Å². The second-order valence-electron chi connectivity index (χ2n) is 3.66. The lowest BCUT2D eigenvalue weighted by atomic mass is 10.4. The van der Waals surface area contributed by atoms with E-state index in [9.17, 15) is 4.79 Å². The topological polar surface area (TPSA) is 38.3 Å². The third-order valence-corrected chi connectivity index (χ3v) is 4.64. The summed E-state index contributed by atoms with van der Waals surface area (Å²) in [6, 6.07) is 4.15. The van der Waals surface area contributed by atoms with Gasteiger partial charge in [-0.2, -0.15) is 0 Å². The van der Waals surface area contributed by atoms with E-state index in [4.69, 9.17) is 4.74 Å². The second-order valence-corrected chi connectivity index (χ2v) is 5.97. The lowest BCUT2D eigenvalue weighted by Gasteiger charge is -2.09. The van der Waals surface area contributed by atoms with Gasteiger partial charge < -0.3 is 10.1 Å². The zero-order chi connectivity index (χ0) is 12.5. The summed E-state index contributed by atoms with van der Waals surface area (Å²) in [5, 5.41) is 5.34. The molecule has 1 rings (SSSR count).